The van der Waals surface area contributed by atoms with Crippen molar-refractivity contribution < 1.29 is 9.18 Å². The number of aliphatic imine (C=N–C) groups is 1. The third-order valence-electron chi connectivity index (χ3n) is 7.84. The Morgan fingerprint density at radius 2 is 1.78 bits per heavy atom. The molecule has 0 radical (unpaired) electrons. The van der Waals surface area contributed by atoms with Crippen LogP contribution in [-0.4, -0.2) is 64.6 Å². The number of carbonyl (C=O) groups is 1. The van der Waals surface area contributed by atoms with E-state index >= 15 is 0 Å². The van der Waals surface area contributed by atoms with Gasteiger partial charge in [-0.15, -0.1) is 0 Å². The molecule has 3 aromatic carbocycles. The van der Waals surface area contributed by atoms with Crippen molar-refractivity contribution in [2.24, 2.45) is 4.99 Å². The van der Waals surface area contributed by atoms with Crippen molar-refractivity contribution in [1.29, 1.82) is 0 Å². The summed E-state index contributed by atoms with van der Waals surface area (Å²) < 4.78 is 14.8. The molecule has 4 aromatic rings. The summed E-state index contributed by atoms with van der Waals surface area (Å²) in [6.45, 7) is 2.30. The maximum Gasteiger partial charge on any atom is 0.253 e. The molecule has 6 rings (SSSR count). The van der Waals surface area contributed by atoms with Gasteiger partial charge in [0.15, 0.2) is 0 Å². The van der Waals surface area contributed by atoms with Gasteiger partial charge in [0.05, 0.1) is 18.0 Å². The van der Waals surface area contributed by atoms with Crippen LogP contribution in [0.4, 0.5) is 16.0 Å². The van der Waals surface area contributed by atoms with Crippen molar-refractivity contribution in [3.8, 4) is 11.3 Å². The molecule has 1 amide bonds. The number of aromatic nitrogens is 2. The number of nitrogens with one attached hydrogen (secondary N) is 1. The highest BCUT2D eigenvalue weighted by Gasteiger charge is 2.25. The topological polar surface area (TPSA) is 73.7 Å². The second-order valence-corrected chi connectivity index (χ2v) is 11.0. The number of benzene rings is 3. The van der Waals surface area contributed by atoms with E-state index in [2.05, 4.69) is 22.2 Å². The summed E-state index contributed by atoms with van der Waals surface area (Å²) >= 11 is 6.37. The average molecular weight is 569 g/mol. The molecule has 0 spiro atoms. The van der Waals surface area contributed by atoms with Gasteiger partial charge in [0.2, 0.25) is 5.95 Å². The number of nitrogens with zero attached hydrogens (tertiary/aromatic N) is 5. The van der Waals surface area contributed by atoms with Gasteiger partial charge in [-0.2, -0.15) is 0 Å². The first-order valence-corrected chi connectivity index (χ1v) is 14.0. The standard InChI is InChI=1S/C32H30ClFN6O/c1-39-15-13-24(14-16-39)40(2)31(41)20-7-10-23(11-8-20)37-32-36-19-21-18-35-30(26-5-3-4-6-28(26)34)27-17-22(33)9-12-25(27)29(21)38-32/h3-12,17,19,24H,13-16,18H2,1-2H3,(H,36,37,38). The Bertz CT molecular complexity index is 1630. The normalized spacial score (nSPS) is 15.4. The molecule has 208 valence electrons. The number of piperidine rings is 1. The molecule has 7 nitrogen and oxygen atoms in total. The van der Waals surface area contributed by atoms with Gasteiger partial charge in [-0.05, 0) is 81.5 Å². The van der Waals surface area contributed by atoms with Crippen molar-refractivity contribution in [2.45, 2.75) is 25.4 Å². The summed E-state index contributed by atoms with van der Waals surface area (Å²) in [5, 5.41) is 3.78. The van der Waals surface area contributed by atoms with Gasteiger partial charge in [-0.1, -0.05) is 29.8 Å². The van der Waals surface area contributed by atoms with Crippen LogP contribution in [0.5, 0.6) is 0 Å². The smallest absolute Gasteiger partial charge is 0.253 e. The van der Waals surface area contributed by atoms with Gasteiger partial charge in [0.1, 0.15) is 5.82 Å². The predicted octanol–water partition coefficient (Wildman–Crippen LogP) is 6.20. The van der Waals surface area contributed by atoms with Crippen molar-refractivity contribution >= 4 is 34.9 Å². The van der Waals surface area contributed by atoms with E-state index in [0.717, 1.165) is 42.7 Å². The second kappa shape index (κ2) is 11.4. The number of hydrogen-bond donors (Lipinski definition) is 1. The van der Waals surface area contributed by atoms with Gasteiger partial charge in [-0.3, -0.25) is 9.79 Å². The molecule has 2 aliphatic heterocycles. The number of anilines is 2. The highest BCUT2D eigenvalue weighted by molar-refractivity contribution is 6.31. The minimum atomic E-state index is -0.351. The highest BCUT2D eigenvalue weighted by atomic mass is 35.5. The zero-order valence-electron chi connectivity index (χ0n) is 22.9. The Balaban J connectivity index is 1.24. The van der Waals surface area contributed by atoms with E-state index in [0.29, 0.717) is 45.6 Å². The molecule has 9 heteroatoms. The summed E-state index contributed by atoms with van der Waals surface area (Å²) in [6, 6.07) is 19.7. The van der Waals surface area contributed by atoms with Crippen LogP contribution in [0, 0.1) is 5.82 Å². The SMILES string of the molecule is CN1CCC(N(C)C(=O)c2ccc(Nc3ncc4c(n3)-c3ccc(Cl)cc3C(c3ccccc3F)=NC4)cc2)CC1. The third-order valence-corrected chi connectivity index (χ3v) is 8.07. The zero-order valence-corrected chi connectivity index (χ0v) is 23.7. The Labute approximate surface area is 243 Å². The molecule has 0 atom stereocenters. The highest BCUT2D eigenvalue weighted by Crippen LogP contribution is 2.34. The van der Waals surface area contributed by atoms with E-state index < -0.39 is 0 Å². The molecule has 0 bridgehead atoms. The maximum atomic E-state index is 14.8. The first-order valence-electron chi connectivity index (χ1n) is 13.7. The Hall–Kier alpha value is -4.14. The lowest BCUT2D eigenvalue weighted by Crippen LogP contribution is -2.44. The van der Waals surface area contributed by atoms with Gasteiger partial charge >= 0.3 is 0 Å². The van der Waals surface area contributed by atoms with Crippen LogP contribution in [0.1, 0.15) is 39.9 Å². The van der Waals surface area contributed by atoms with E-state index in [1.54, 1.807) is 36.5 Å². The predicted molar refractivity (Wildman–Crippen MR) is 161 cm³/mol. The van der Waals surface area contributed by atoms with Gasteiger partial charge in [0.25, 0.3) is 5.91 Å². The van der Waals surface area contributed by atoms with Crippen LogP contribution in [0.15, 0.2) is 77.9 Å². The van der Waals surface area contributed by atoms with E-state index in [1.807, 2.05) is 42.3 Å². The van der Waals surface area contributed by atoms with Crippen LogP contribution in [0.2, 0.25) is 5.02 Å². The fourth-order valence-electron chi connectivity index (χ4n) is 5.44. The molecule has 41 heavy (non-hydrogen) atoms. The molecule has 1 N–H and O–H groups in total. The number of fused-ring (bicyclic) bond motifs is 3. The lowest BCUT2D eigenvalue weighted by molar-refractivity contribution is 0.0659. The minimum absolute atomic E-state index is 0.0216. The van der Waals surface area contributed by atoms with Gasteiger partial charge < -0.3 is 15.1 Å². The Kier molecular flexibility index (Phi) is 7.51. The molecule has 1 saturated heterocycles. The second-order valence-electron chi connectivity index (χ2n) is 10.6. The van der Waals surface area contributed by atoms with E-state index in [4.69, 9.17) is 21.6 Å². The van der Waals surface area contributed by atoms with E-state index in [9.17, 15) is 9.18 Å². The fraction of sp³-hybridized carbons (Fsp3) is 0.250. The molecular weight excluding hydrogens is 539 g/mol. The first-order chi connectivity index (χ1) is 19.9. The van der Waals surface area contributed by atoms with Crippen LogP contribution < -0.4 is 5.32 Å². The summed E-state index contributed by atoms with van der Waals surface area (Å²) in [5.74, 6) is 0.0749. The van der Waals surface area contributed by atoms with Crippen LogP contribution in [0.25, 0.3) is 11.3 Å². The average Bonchev–Trinajstić information content (AvgIpc) is 3.14. The number of hydrogen-bond acceptors (Lipinski definition) is 6. The Morgan fingerprint density at radius 1 is 1.02 bits per heavy atom. The fourth-order valence-corrected chi connectivity index (χ4v) is 5.62. The third kappa shape index (κ3) is 5.58. The quantitative estimate of drug-likeness (QED) is 0.310. The molecule has 3 heterocycles. The van der Waals surface area contributed by atoms with Gasteiger partial charge in [0, 0.05) is 57.8 Å². The molecular formula is C32H30ClFN6O. The van der Waals surface area contributed by atoms with Gasteiger partial charge in [-0.25, -0.2) is 14.4 Å². The summed E-state index contributed by atoms with van der Waals surface area (Å²) in [6.07, 6.45) is 3.71. The number of likely N-dealkylation sites (tertiary alicyclic amines) is 1. The Morgan fingerprint density at radius 3 is 2.54 bits per heavy atom. The van der Waals surface area contributed by atoms with Crippen molar-refractivity contribution in [3.05, 3.63) is 106 Å². The monoisotopic (exact) mass is 568 g/mol. The molecule has 1 aromatic heterocycles. The number of halogens is 2. The van der Waals surface area contributed by atoms with Crippen LogP contribution in [-0.2, 0) is 6.54 Å². The summed E-state index contributed by atoms with van der Waals surface area (Å²) in [4.78, 5) is 31.4. The van der Waals surface area contributed by atoms with E-state index in [-0.39, 0.29) is 17.8 Å². The maximum absolute atomic E-state index is 14.8. The number of rotatable bonds is 5. The lowest BCUT2D eigenvalue weighted by Gasteiger charge is -2.35. The zero-order chi connectivity index (χ0) is 28.5. The lowest BCUT2D eigenvalue weighted by atomic mass is 9.95. The number of carbonyl (C=O) groups excluding carboxylic acids is 1. The minimum Gasteiger partial charge on any atom is -0.339 e. The van der Waals surface area contributed by atoms with Crippen molar-refractivity contribution in [1.82, 2.24) is 19.8 Å². The molecule has 2 aliphatic rings. The van der Waals surface area contributed by atoms with Crippen LogP contribution >= 0.6 is 11.6 Å². The molecule has 1 fully saturated rings. The molecule has 0 aliphatic carbocycles. The largest absolute Gasteiger partial charge is 0.339 e. The van der Waals surface area contributed by atoms with E-state index in [1.165, 1.54) is 6.07 Å². The summed E-state index contributed by atoms with van der Waals surface area (Å²) in [5.41, 5.74) is 5.37. The molecule has 0 unspecified atom stereocenters. The first kappa shape index (κ1) is 27.1. The van der Waals surface area contributed by atoms with Crippen molar-refractivity contribution in [3.63, 3.8) is 0 Å². The molecule has 0 saturated carbocycles. The number of amides is 1. The van der Waals surface area contributed by atoms with Crippen LogP contribution in [0.3, 0.4) is 0 Å². The van der Waals surface area contributed by atoms with Crippen molar-refractivity contribution in [2.75, 3.05) is 32.5 Å². The summed E-state index contributed by atoms with van der Waals surface area (Å²) in [7, 11) is 4.00.